The topological polar surface area (TPSA) is 49.4 Å². The highest BCUT2D eigenvalue weighted by molar-refractivity contribution is 6.30. The fourth-order valence-electron chi connectivity index (χ4n) is 2.60. The van der Waals surface area contributed by atoms with Gasteiger partial charge in [-0.15, -0.1) is 0 Å². The predicted octanol–water partition coefficient (Wildman–Crippen LogP) is 3.83. The lowest BCUT2D eigenvalue weighted by atomic mass is 10.1. The van der Waals surface area contributed by atoms with E-state index in [0.29, 0.717) is 21.8 Å². The van der Waals surface area contributed by atoms with Gasteiger partial charge in [0, 0.05) is 34.9 Å². The van der Waals surface area contributed by atoms with Gasteiger partial charge in [-0.05, 0) is 61.4 Å². The van der Waals surface area contributed by atoms with Crippen molar-refractivity contribution in [2.75, 3.05) is 18.4 Å². The van der Waals surface area contributed by atoms with Crippen LogP contribution in [0.3, 0.4) is 0 Å². The molecule has 1 aliphatic rings. The minimum atomic E-state index is -0.208. The summed E-state index contributed by atoms with van der Waals surface area (Å²) in [4.78, 5) is 26.2. The number of carbonyl (C=O) groups is 2. The van der Waals surface area contributed by atoms with Crippen molar-refractivity contribution in [2.24, 2.45) is 0 Å². The minimum absolute atomic E-state index is 0.0538. The van der Waals surface area contributed by atoms with Gasteiger partial charge in [0.2, 0.25) is 0 Å². The van der Waals surface area contributed by atoms with E-state index in [1.54, 1.807) is 48.5 Å². The van der Waals surface area contributed by atoms with Crippen LogP contribution in [0.25, 0.3) is 0 Å². The molecule has 1 aliphatic heterocycles. The molecule has 4 nitrogen and oxygen atoms in total. The van der Waals surface area contributed by atoms with Crippen LogP contribution in [-0.2, 0) is 0 Å². The van der Waals surface area contributed by atoms with E-state index in [9.17, 15) is 9.59 Å². The first-order chi connectivity index (χ1) is 11.1. The van der Waals surface area contributed by atoms with Gasteiger partial charge in [0.25, 0.3) is 11.8 Å². The van der Waals surface area contributed by atoms with Gasteiger partial charge in [0.05, 0.1) is 0 Å². The maximum absolute atomic E-state index is 12.3. The second-order valence-corrected chi connectivity index (χ2v) is 5.97. The van der Waals surface area contributed by atoms with Crippen molar-refractivity contribution in [3.63, 3.8) is 0 Å². The fourth-order valence-corrected chi connectivity index (χ4v) is 2.73. The third-order valence-corrected chi connectivity index (χ3v) is 4.14. The summed E-state index contributed by atoms with van der Waals surface area (Å²) in [5.74, 6) is -0.154. The summed E-state index contributed by atoms with van der Waals surface area (Å²) >= 11 is 5.81. The van der Waals surface area contributed by atoms with E-state index >= 15 is 0 Å². The first-order valence-electron chi connectivity index (χ1n) is 7.60. The molecule has 0 spiro atoms. The smallest absolute Gasteiger partial charge is 0.255 e. The normalized spacial score (nSPS) is 13.9. The van der Waals surface area contributed by atoms with Gasteiger partial charge in [0.15, 0.2) is 0 Å². The third-order valence-electron chi connectivity index (χ3n) is 3.89. The van der Waals surface area contributed by atoms with Gasteiger partial charge in [-0.2, -0.15) is 0 Å². The lowest BCUT2D eigenvalue weighted by molar-refractivity contribution is 0.0792. The van der Waals surface area contributed by atoms with Crippen LogP contribution in [0.2, 0.25) is 5.02 Å². The number of carbonyl (C=O) groups excluding carboxylic acids is 2. The Morgan fingerprint density at radius 1 is 0.870 bits per heavy atom. The van der Waals surface area contributed by atoms with Crippen molar-refractivity contribution in [3.05, 3.63) is 64.7 Å². The number of nitrogens with zero attached hydrogens (tertiary/aromatic N) is 1. The van der Waals surface area contributed by atoms with Crippen LogP contribution in [0.5, 0.6) is 0 Å². The summed E-state index contributed by atoms with van der Waals surface area (Å²) in [5.41, 5.74) is 1.84. The van der Waals surface area contributed by atoms with Crippen molar-refractivity contribution >= 4 is 29.1 Å². The molecular weight excluding hydrogens is 312 g/mol. The quantitative estimate of drug-likeness (QED) is 0.931. The second kappa shape index (κ2) is 6.84. The van der Waals surface area contributed by atoms with Gasteiger partial charge in [-0.1, -0.05) is 11.6 Å². The van der Waals surface area contributed by atoms with Crippen LogP contribution < -0.4 is 5.32 Å². The van der Waals surface area contributed by atoms with E-state index in [-0.39, 0.29) is 11.8 Å². The zero-order valence-corrected chi connectivity index (χ0v) is 13.3. The molecule has 0 atom stereocenters. The molecule has 2 aromatic carbocycles. The average molecular weight is 329 g/mol. The first-order valence-corrected chi connectivity index (χ1v) is 7.97. The summed E-state index contributed by atoms with van der Waals surface area (Å²) in [7, 11) is 0. The Kier molecular flexibility index (Phi) is 4.63. The Hall–Kier alpha value is -2.33. The van der Waals surface area contributed by atoms with Gasteiger partial charge in [-0.25, -0.2) is 0 Å². The molecule has 118 valence electrons. The molecule has 0 saturated carbocycles. The van der Waals surface area contributed by atoms with Gasteiger partial charge >= 0.3 is 0 Å². The summed E-state index contributed by atoms with van der Waals surface area (Å²) in [6.45, 7) is 1.65. The van der Waals surface area contributed by atoms with Crippen molar-refractivity contribution in [1.82, 2.24) is 4.90 Å². The van der Waals surface area contributed by atoms with Crippen molar-refractivity contribution in [1.29, 1.82) is 0 Å². The maximum Gasteiger partial charge on any atom is 0.255 e. The highest BCUT2D eigenvalue weighted by Gasteiger charge is 2.19. The monoisotopic (exact) mass is 328 g/mol. The Bertz CT molecular complexity index is 705. The number of hydrogen-bond donors (Lipinski definition) is 1. The number of benzene rings is 2. The molecule has 5 heteroatoms. The summed E-state index contributed by atoms with van der Waals surface area (Å²) in [6.07, 6.45) is 2.14. The number of rotatable bonds is 3. The van der Waals surface area contributed by atoms with Crippen LogP contribution in [0.4, 0.5) is 5.69 Å². The number of nitrogens with one attached hydrogen (secondary N) is 1. The molecule has 1 saturated heterocycles. The van der Waals surface area contributed by atoms with Crippen LogP contribution in [-0.4, -0.2) is 29.8 Å². The van der Waals surface area contributed by atoms with Crippen molar-refractivity contribution in [2.45, 2.75) is 12.8 Å². The Labute approximate surface area is 140 Å². The van der Waals surface area contributed by atoms with E-state index < -0.39 is 0 Å². The molecule has 0 aromatic heterocycles. The zero-order chi connectivity index (χ0) is 16.2. The zero-order valence-electron chi connectivity index (χ0n) is 12.6. The number of amides is 2. The van der Waals surface area contributed by atoms with Crippen LogP contribution >= 0.6 is 11.6 Å². The van der Waals surface area contributed by atoms with E-state index in [1.807, 2.05) is 4.90 Å². The predicted molar refractivity (Wildman–Crippen MR) is 91.0 cm³/mol. The van der Waals surface area contributed by atoms with Gasteiger partial charge in [0.1, 0.15) is 0 Å². The molecule has 0 bridgehead atoms. The average Bonchev–Trinajstić information content (AvgIpc) is 3.10. The fraction of sp³-hybridized carbons (Fsp3) is 0.222. The molecule has 1 N–H and O–H groups in total. The SMILES string of the molecule is O=C(Nc1ccc(C(=O)N2CCCC2)cc1)c1ccc(Cl)cc1. The van der Waals surface area contributed by atoms with Crippen LogP contribution in [0.1, 0.15) is 33.6 Å². The van der Waals surface area contributed by atoms with Gasteiger partial charge in [-0.3, -0.25) is 9.59 Å². The first kappa shape index (κ1) is 15.6. The summed E-state index contributed by atoms with van der Waals surface area (Å²) in [5, 5.41) is 3.40. The largest absolute Gasteiger partial charge is 0.339 e. The Morgan fingerprint density at radius 2 is 1.43 bits per heavy atom. The maximum atomic E-state index is 12.3. The molecule has 1 heterocycles. The number of hydrogen-bond acceptors (Lipinski definition) is 2. The molecule has 2 aromatic rings. The van der Waals surface area contributed by atoms with Gasteiger partial charge < -0.3 is 10.2 Å². The molecule has 23 heavy (non-hydrogen) atoms. The van der Waals surface area contributed by atoms with E-state index in [2.05, 4.69) is 5.32 Å². The highest BCUT2D eigenvalue weighted by atomic mass is 35.5. The summed E-state index contributed by atoms with van der Waals surface area (Å²) in [6, 6.07) is 13.7. The van der Waals surface area contributed by atoms with Crippen LogP contribution in [0, 0.1) is 0 Å². The second-order valence-electron chi connectivity index (χ2n) is 5.54. The molecule has 3 rings (SSSR count). The molecule has 2 amide bonds. The Balaban J connectivity index is 1.66. The minimum Gasteiger partial charge on any atom is -0.339 e. The molecular formula is C18H17ClN2O2. The van der Waals surface area contributed by atoms with E-state index in [1.165, 1.54) is 0 Å². The number of likely N-dealkylation sites (tertiary alicyclic amines) is 1. The van der Waals surface area contributed by atoms with Crippen molar-refractivity contribution in [3.8, 4) is 0 Å². The highest BCUT2D eigenvalue weighted by Crippen LogP contribution is 2.16. The molecule has 0 aliphatic carbocycles. The third kappa shape index (κ3) is 3.71. The van der Waals surface area contributed by atoms with Crippen LogP contribution in [0.15, 0.2) is 48.5 Å². The summed E-state index contributed by atoms with van der Waals surface area (Å²) < 4.78 is 0. The van der Waals surface area contributed by atoms with Crippen molar-refractivity contribution < 1.29 is 9.59 Å². The van der Waals surface area contributed by atoms with E-state index in [0.717, 1.165) is 25.9 Å². The standard InChI is InChI=1S/C18H17ClN2O2/c19-15-7-3-13(4-8-15)17(22)20-16-9-5-14(6-10-16)18(23)21-11-1-2-12-21/h3-10H,1-2,11-12H2,(H,20,22). The Morgan fingerprint density at radius 3 is 2.04 bits per heavy atom. The number of anilines is 1. The molecule has 0 unspecified atom stereocenters. The lowest BCUT2D eigenvalue weighted by Crippen LogP contribution is -2.27. The molecule has 0 radical (unpaired) electrons. The lowest BCUT2D eigenvalue weighted by Gasteiger charge is -2.15. The number of halogens is 1. The van der Waals surface area contributed by atoms with E-state index in [4.69, 9.17) is 11.6 Å². The molecule has 1 fully saturated rings.